The molecule has 3 aromatic rings. The summed E-state index contributed by atoms with van der Waals surface area (Å²) in [6, 6.07) is 7.69. The SMILES string of the molecule is Cc1c(CN2CCc3nc(-c4ccco4)[nH]c(=O)c3C2)cc(C#N)n1C. The molecule has 0 aromatic carbocycles. The number of rotatable bonds is 3. The van der Waals surface area contributed by atoms with Gasteiger partial charge in [-0.15, -0.1) is 0 Å². The van der Waals surface area contributed by atoms with E-state index in [-0.39, 0.29) is 5.56 Å². The van der Waals surface area contributed by atoms with Gasteiger partial charge in [0.15, 0.2) is 11.6 Å². The number of nitrogens with zero attached hydrogens (tertiary/aromatic N) is 4. The summed E-state index contributed by atoms with van der Waals surface area (Å²) in [6.45, 7) is 4.09. The molecule has 0 aliphatic carbocycles. The summed E-state index contributed by atoms with van der Waals surface area (Å²) in [5.74, 6) is 1.04. The van der Waals surface area contributed by atoms with Gasteiger partial charge in [0.25, 0.3) is 5.56 Å². The number of hydrogen-bond donors (Lipinski definition) is 1. The van der Waals surface area contributed by atoms with E-state index in [1.807, 2.05) is 24.6 Å². The van der Waals surface area contributed by atoms with Gasteiger partial charge in [0.05, 0.1) is 17.5 Å². The first-order valence-corrected chi connectivity index (χ1v) is 8.50. The Hall–Kier alpha value is -3.11. The van der Waals surface area contributed by atoms with Crippen LogP contribution in [0.1, 0.15) is 28.2 Å². The molecule has 7 nitrogen and oxygen atoms in total. The maximum atomic E-state index is 12.5. The highest BCUT2D eigenvalue weighted by molar-refractivity contribution is 5.47. The Morgan fingerprint density at radius 3 is 3.00 bits per heavy atom. The van der Waals surface area contributed by atoms with E-state index < -0.39 is 0 Å². The van der Waals surface area contributed by atoms with Gasteiger partial charge in [-0.2, -0.15) is 5.26 Å². The van der Waals surface area contributed by atoms with Crippen LogP contribution < -0.4 is 5.56 Å². The molecule has 4 heterocycles. The maximum Gasteiger partial charge on any atom is 0.256 e. The van der Waals surface area contributed by atoms with Crippen molar-refractivity contribution in [3.05, 3.63) is 63.0 Å². The average molecular weight is 349 g/mol. The molecule has 4 rings (SSSR count). The molecule has 0 fully saturated rings. The van der Waals surface area contributed by atoms with Crippen molar-refractivity contribution in [3.63, 3.8) is 0 Å². The van der Waals surface area contributed by atoms with E-state index in [0.29, 0.717) is 42.4 Å². The monoisotopic (exact) mass is 349 g/mol. The Bertz CT molecular complexity index is 1050. The van der Waals surface area contributed by atoms with Gasteiger partial charge in [-0.05, 0) is 30.7 Å². The van der Waals surface area contributed by atoms with Crippen LogP contribution >= 0.6 is 0 Å². The Kier molecular flexibility index (Phi) is 3.98. The van der Waals surface area contributed by atoms with E-state index in [4.69, 9.17) is 4.42 Å². The van der Waals surface area contributed by atoms with Gasteiger partial charge >= 0.3 is 0 Å². The number of aromatic nitrogens is 3. The first kappa shape index (κ1) is 16.4. The number of nitrogens with one attached hydrogen (secondary N) is 1. The fraction of sp³-hybridized carbons (Fsp3) is 0.316. The minimum Gasteiger partial charge on any atom is -0.461 e. The molecular formula is C19H19N5O2. The minimum absolute atomic E-state index is 0.117. The predicted molar refractivity (Wildman–Crippen MR) is 95.2 cm³/mol. The molecule has 0 bridgehead atoms. The second-order valence-corrected chi connectivity index (χ2v) is 6.59. The van der Waals surface area contributed by atoms with Gasteiger partial charge in [0.1, 0.15) is 11.8 Å². The van der Waals surface area contributed by atoms with E-state index in [1.165, 1.54) is 0 Å². The highest BCUT2D eigenvalue weighted by Gasteiger charge is 2.23. The third kappa shape index (κ3) is 2.74. The number of nitriles is 1. The third-order valence-electron chi connectivity index (χ3n) is 5.05. The van der Waals surface area contributed by atoms with Crippen LogP contribution in [0.3, 0.4) is 0 Å². The molecule has 0 radical (unpaired) electrons. The molecular weight excluding hydrogens is 330 g/mol. The van der Waals surface area contributed by atoms with Gasteiger partial charge in [0.2, 0.25) is 0 Å². The number of hydrogen-bond acceptors (Lipinski definition) is 5. The van der Waals surface area contributed by atoms with Crippen molar-refractivity contribution in [1.82, 2.24) is 19.4 Å². The lowest BCUT2D eigenvalue weighted by molar-refractivity contribution is 0.241. The summed E-state index contributed by atoms with van der Waals surface area (Å²) >= 11 is 0. The summed E-state index contributed by atoms with van der Waals surface area (Å²) in [6.07, 6.45) is 2.28. The number of aromatic amines is 1. The van der Waals surface area contributed by atoms with Crippen molar-refractivity contribution in [2.45, 2.75) is 26.4 Å². The van der Waals surface area contributed by atoms with Crippen molar-refractivity contribution < 1.29 is 4.42 Å². The number of fused-ring (bicyclic) bond motifs is 1. The molecule has 0 unspecified atom stereocenters. The highest BCUT2D eigenvalue weighted by atomic mass is 16.3. The van der Waals surface area contributed by atoms with Crippen LogP contribution in [-0.4, -0.2) is 26.0 Å². The molecule has 3 aromatic heterocycles. The highest BCUT2D eigenvalue weighted by Crippen LogP contribution is 2.22. The summed E-state index contributed by atoms with van der Waals surface area (Å²) in [5.41, 5.74) is 4.27. The Balaban J connectivity index is 1.59. The zero-order chi connectivity index (χ0) is 18.3. The average Bonchev–Trinajstić information content (AvgIpc) is 3.26. The predicted octanol–water partition coefficient (Wildman–Crippen LogP) is 2.11. The van der Waals surface area contributed by atoms with E-state index in [2.05, 4.69) is 20.9 Å². The molecule has 0 saturated heterocycles. The van der Waals surface area contributed by atoms with Crippen molar-refractivity contribution >= 4 is 0 Å². The van der Waals surface area contributed by atoms with Crippen LogP contribution in [0.25, 0.3) is 11.6 Å². The van der Waals surface area contributed by atoms with Crippen LogP contribution in [0.4, 0.5) is 0 Å². The van der Waals surface area contributed by atoms with Crippen molar-refractivity contribution in [1.29, 1.82) is 5.26 Å². The van der Waals surface area contributed by atoms with Crippen LogP contribution in [0.15, 0.2) is 33.7 Å². The molecule has 26 heavy (non-hydrogen) atoms. The van der Waals surface area contributed by atoms with Gasteiger partial charge in [0, 0.05) is 38.8 Å². The van der Waals surface area contributed by atoms with Crippen LogP contribution in [0.5, 0.6) is 0 Å². The topological polar surface area (TPSA) is 90.8 Å². The lowest BCUT2D eigenvalue weighted by Crippen LogP contribution is -2.35. The van der Waals surface area contributed by atoms with Gasteiger partial charge in [-0.25, -0.2) is 4.98 Å². The fourth-order valence-electron chi connectivity index (χ4n) is 3.42. The van der Waals surface area contributed by atoms with Gasteiger partial charge < -0.3 is 14.0 Å². The summed E-state index contributed by atoms with van der Waals surface area (Å²) in [4.78, 5) is 22.2. The van der Waals surface area contributed by atoms with E-state index in [0.717, 1.165) is 23.5 Å². The molecule has 1 aliphatic heterocycles. The fourth-order valence-corrected chi connectivity index (χ4v) is 3.42. The smallest absolute Gasteiger partial charge is 0.256 e. The molecule has 0 amide bonds. The zero-order valence-electron chi connectivity index (χ0n) is 14.7. The first-order chi connectivity index (χ1) is 12.6. The van der Waals surface area contributed by atoms with E-state index in [9.17, 15) is 10.1 Å². The minimum atomic E-state index is -0.117. The van der Waals surface area contributed by atoms with Crippen LogP contribution in [0.2, 0.25) is 0 Å². The second kappa shape index (κ2) is 6.32. The molecule has 0 atom stereocenters. The van der Waals surface area contributed by atoms with Crippen LogP contribution in [-0.2, 0) is 26.6 Å². The number of H-pyrrole nitrogens is 1. The quantitative estimate of drug-likeness (QED) is 0.782. The lowest BCUT2D eigenvalue weighted by atomic mass is 10.1. The maximum absolute atomic E-state index is 12.5. The van der Waals surface area contributed by atoms with Crippen molar-refractivity contribution in [2.75, 3.05) is 6.54 Å². The second-order valence-electron chi connectivity index (χ2n) is 6.59. The van der Waals surface area contributed by atoms with Crippen molar-refractivity contribution in [3.8, 4) is 17.7 Å². The van der Waals surface area contributed by atoms with Crippen molar-refractivity contribution in [2.24, 2.45) is 7.05 Å². The standard InChI is InChI=1S/C19H19N5O2/c1-12-13(8-14(9-20)23(12)2)10-24-6-5-16-15(11-24)19(25)22-18(21-16)17-4-3-7-26-17/h3-4,7-8H,5-6,10-11H2,1-2H3,(H,21,22,25). The third-order valence-corrected chi connectivity index (χ3v) is 5.05. The van der Waals surface area contributed by atoms with Gasteiger partial charge in [-0.3, -0.25) is 9.69 Å². The molecule has 132 valence electrons. The molecule has 0 saturated carbocycles. The summed E-state index contributed by atoms with van der Waals surface area (Å²) < 4.78 is 7.23. The molecule has 0 spiro atoms. The van der Waals surface area contributed by atoms with E-state index >= 15 is 0 Å². The Morgan fingerprint density at radius 1 is 1.46 bits per heavy atom. The molecule has 1 N–H and O–H groups in total. The summed E-state index contributed by atoms with van der Waals surface area (Å²) in [7, 11) is 1.90. The normalized spacial score (nSPS) is 14.2. The Morgan fingerprint density at radius 2 is 2.31 bits per heavy atom. The Labute approximate surface area is 150 Å². The number of furan rings is 1. The van der Waals surface area contributed by atoms with Crippen LogP contribution in [0, 0.1) is 18.3 Å². The molecule has 7 heteroatoms. The largest absolute Gasteiger partial charge is 0.461 e. The molecule has 1 aliphatic rings. The van der Waals surface area contributed by atoms with E-state index in [1.54, 1.807) is 18.4 Å². The van der Waals surface area contributed by atoms with Gasteiger partial charge in [-0.1, -0.05) is 0 Å². The first-order valence-electron chi connectivity index (χ1n) is 8.50. The lowest BCUT2D eigenvalue weighted by Gasteiger charge is -2.27. The zero-order valence-corrected chi connectivity index (χ0v) is 14.7. The summed E-state index contributed by atoms with van der Waals surface area (Å²) in [5, 5.41) is 9.19.